The Hall–Kier alpha value is -1.81. The van der Waals surface area contributed by atoms with Crippen LogP contribution in [0.25, 0.3) is 0 Å². The van der Waals surface area contributed by atoms with Crippen molar-refractivity contribution in [3.05, 3.63) is 0 Å². The highest BCUT2D eigenvalue weighted by Gasteiger charge is 2.31. The standard InChI is InChI=1S/C13H23N3O6S/c1-3-6(2)10(16-11(19)7(14)5-23)12(20)15-8(13(21)22)4-9(17)18/h6-8,10,23H,3-5,14H2,1-2H3,(H,15,20)(H,16,19)(H,17,18)(H,21,22). The van der Waals surface area contributed by atoms with E-state index < -0.39 is 48.3 Å². The first-order valence-corrected chi connectivity index (χ1v) is 7.69. The van der Waals surface area contributed by atoms with Crippen LogP contribution in [0.1, 0.15) is 26.7 Å². The molecule has 0 radical (unpaired) electrons. The minimum atomic E-state index is -1.58. The van der Waals surface area contributed by atoms with E-state index in [0.717, 1.165) is 0 Å². The Kier molecular flexibility index (Phi) is 9.27. The van der Waals surface area contributed by atoms with Gasteiger partial charge in [0.15, 0.2) is 0 Å². The second kappa shape index (κ2) is 10.1. The molecule has 0 saturated carbocycles. The number of carbonyl (C=O) groups is 4. The monoisotopic (exact) mass is 349 g/mol. The molecule has 4 atom stereocenters. The molecule has 0 aromatic heterocycles. The summed E-state index contributed by atoms with van der Waals surface area (Å²) in [5.41, 5.74) is 5.53. The van der Waals surface area contributed by atoms with E-state index in [9.17, 15) is 19.2 Å². The summed E-state index contributed by atoms with van der Waals surface area (Å²) in [6.45, 7) is 3.49. The van der Waals surface area contributed by atoms with Crippen molar-refractivity contribution in [2.45, 2.75) is 44.8 Å². The second-order valence-electron chi connectivity index (χ2n) is 5.16. The van der Waals surface area contributed by atoms with Crippen LogP contribution >= 0.6 is 12.6 Å². The Bertz CT molecular complexity index is 459. The predicted molar refractivity (Wildman–Crippen MR) is 85.0 cm³/mol. The number of nitrogens with two attached hydrogens (primary N) is 1. The molecule has 23 heavy (non-hydrogen) atoms. The molecule has 0 aliphatic rings. The first-order chi connectivity index (χ1) is 10.6. The number of rotatable bonds is 10. The van der Waals surface area contributed by atoms with Crippen molar-refractivity contribution in [3.63, 3.8) is 0 Å². The molecule has 0 fully saturated rings. The summed E-state index contributed by atoms with van der Waals surface area (Å²) in [5, 5.41) is 22.2. The second-order valence-corrected chi connectivity index (χ2v) is 5.52. The highest BCUT2D eigenvalue weighted by Crippen LogP contribution is 2.09. The first-order valence-electron chi connectivity index (χ1n) is 7.05. The van der Waals surface area contributed by atoms with Crippen LogP contribution in [0, 0.1) is 5.92 Å². The third kappa shape index (κ3) is 7.33. The van der Waals surface area contributed by atoms with Gasteiger partial charge in [-0.15, -0.1) is 0 Å². The maximum Gasteiger partial charge on any atom is 0.326 e. The summed E-state index contributed by atoms with van der Waals surface area (Å²) in [6, 6.07) is -3.51. The SMILES string of the molecule is CCC(C)C(NC(=O)C(N)CS)C(=O)NC(CC(=O)O)C(=O)O. The predicted octanol–water partition coefficient (Wildman–Crippen LogP) is -1.18. The third-order valence-electron chi connectivity index (χ3n) is 3.32. The molecule has 0 aliphatic carbocycles. The highest BCUT2D eigenvalue weighted by atomic mass is 32.1. The molecule has 9 nitrogen and oxygen atoms in total. The molecular weight excluding hydrogens is 326 g/mol. The average Bonchev–Trinajstić information content (AvgIpc) is 2.49. The molecule has 4 unspecified atom stereocenters. The van der Waals surface area contributed by atoms with E-state index in [2.05, 4.69) is 23.3 Å². The zero-order chi connectivity index (χ0) is 18.2. The Morgan fingerprint density at radius 3 is 2.09 bits per heavy atom. The van der Waals surface area contributed by atoms with Crippen LogP contribution in [0.15, 0.2) is 0 Å². The average molecular weight is 349 g/mol. The fraction of sp³-hybridized carbons (Fsp3) is 0.692. The first kappa shape index (κ1) is 21.2. The lowest BCUT2D eigenvalue weighted by atomic mass is 9.97. The van der Waals surface area contributed by atoms with Crippen LogP contribution in [-0.2, 0) is 19.2 Å². The molecule has 132 valence electrons. The summed E-state index contributed by atoms with van der Waals surface area (Å²) in [4.78, 5) is 45.7. The zero-order valence-electron chi connectivity index (χ0n) is 13.0. The molecule has 6 N–H and O–H groups in total. The van der Waals surface area contributed by atoms with Crippen molar-refractivity contribution in [1.29, 1.82) is 0 Å². The number of thiol groups is 1. The van der Waals surface area contributed by atoms with Crippen molar-refractivity contribution in [2.75, 3.05) is 5.75 Å². The molecule has 0 aliphatic heterocycles. The molecule has 2 amide bonds. The van der Waals surface area contributed by atoms with Crippen molar-refractivity contribution >= 4 is 36.4 Å². The number of carboxylic acid groups (broad SMARTS) is 2. The third-order valence-corrected chi connectivity index (χ3v) is 3.71. The number of hydrogen-bond acceptors (Lipinski definition) is 6. The highest BCUT2D eigenvalue weighted by molar-refractivity contribution is 7.80. The largest absolute Gasteiger partial charge is 0.481 e. The lowest BCUT2D eigenvalue weighted by Crippen LogP contribution is -2.57. The summed E-state index contributed by atoms with van der Waals surface area (Å²) in [5.74, 6) is -4.41. The summed E-state index contributed by atoms with van der Waals surface area (Å²) >= 11 is 3.89. The van der Waals surface area contributed by atoms with Gasteiger partial charge in [-0.3, -0.25) is 14.4 Å². The number of carbonyl (C=O) groups excluding carboxylic acids is 2. The Morgan fingerprint density at radius 2 is 1.70 bits per heavy atom. The van der Waals surface area contributed by atoms with Crippen LogP contribution in [0.5, 0.6) is 0 Å². The number of hydrogen-bond donors (Lipinski definition) is 6. The van der Waals surface area contributed by atoms with Crippen molar-refractivity contribution in [1.82, 2.24) is 10.6 Å². The minimum absolute atomic E-state index is 0.0808. The van der Waals surface area contributed by atoms with Crippen molar-refractivity contribution in [3.8, 4) is 0 Å². The number of nitrogens with one attached hydrogen (secondary N) is 2. The van der Waals surface area contributed by atoms with Gasteiger partial charge in [-0.2, -0.15) is 12.6 Å². The molecular formula is C13H23N3O6S. The van der Waals surface area contributed by atoms with Crippen LogP contribution in [0.2, 0.25) is 0 Å². The maximum absolute atomic E-state index is 12.2. The Labute approximate surface area is 139 Å². The molecule has 0 rings (SSSR count). The molecule has 10 heteroatoms. The van der Waals surface area contributed by atoms with Gasteiger partial charge in [0.2, 0.25) is 11.8 Å². The topological polar surface area (TPSA) is 159 Å². The molecule has 0 spiro atoms. The lowest BCUT2D eigenvalue weighted by Gasteiger charge is -2.26. The number of carboxylic acids is 2. The fourth-order valence-corrected chi connectivity index (χ4v) is 1.85. The van der Waals surface area contributed by atoms with Gasteiger partial charge in [-0.1, -0.05) is 20.3 Å². The van der Waals surface area contributed by atoms with E-state index in [-0.39, 0.29) is 11.7 Å². The normalized spacial score (nSPS) is 15.8. The summed E-state index contributed by atoms with van der Waals surface area (Å²) < 4.78 is 0. The van der Waals surface area contributed by atoms with Crippen LogP contribution in [0.3, 0.4) is 0 Å². The Morgan fingerprint density at radius 1 is 1.13 bits per heavy atom. The van der Waals surface area contributed by atoms with Gasteiger partial charge in [0, 0.05) is 5.75 Å². The van der Waals surface area contributed by atoms with E-state index >= 15 is 0 Å². The molecule has 0 aromatic rings. The number of amides is 2. The lowest BCUT2D eigenvalue weighted by molar-refractivity contribution is -0.147. The van der Waals surface area contributed by atoms with Gasteiger partial charge in [-0.05, 0) is 5.92 Å². The van der Waals surface area contributed by atoms with Gasteiger partial charge in [-0.25, -0.2) is 4.79 Å². The molecule has 0 bridgehead atoms. The van der Waals surface area contributed by atoms with Gasteiger partial charge >= 0.3 is 11.9 Å². The van der Waals surface area contributed by atoms with E-state index in [1.165, 1.54) is 0 Å². The van der Waals surface area contributed by atoms with Crippen molar-refractivity contribution < 1.29 is 29.4 Å². The van der Waals surface area contributed by atoms with E-state index in [0.29, 0.717) is 6.42 Å². The van der Waals surface area contributed by atoms with Gasteiger partial charge in [0.1, 0.15) is 12.1 Å². The molecule has 0 saturated heterocycles. The molecule has 0 heterocycles. The number of aliphatic carboxylic acids is 2. The van der Waals surface area contributed by atoms with E-state index in [4.69, 9.17) is 15.9 Å². The summed E-state index contributed by atoms with van der Waals surface area (Å²) in [6.07, 6.45) is -0.233. The maximum atomic E-state index is 12.2. The molecule has 0 aromatic carbocycles. The quantitative estimate of drug-likeness (QED) is 0.271. The van der Waals surface area contributed by atoms with E-state index in [1.807, 2.05) is 0 Å². The van der Waals surface area contributed by atoms with Gasteiger partial charge < -0.3 is 26.6 Å². The minimum Gasteiger partial charge on any atom is -0.481 e. The summed E-state index contributed by atoms with van der Waals surface area (Å²) in [7, 11) is 0. The van der Waals surface area contributed by atoms with Crippen molar-refractivity contribution in [2.24, 2.45) is 11.7 Å². The Balaban J connectivity index is 5.09. The van der Waals surface area contributed by atoms with Gasteiger partial charge in [0.25, 0.3) is 0 Å². The smallest absolute Gasteiger partial charge is 0.326 e. The zero-order valence-corrected chi connectivity index (χ0v) is 13.9. The van der Waals surface area contributed by atoms with Gasteiger partial charge in [0.05, 0.1) is 12.5 Å². The van der Waals surface area contributed by atoms with E-state index in [1.54, 1.807) is 13.8 Å². The van der Waals surface area contributed by atoms with Crippen LogP contribution in [0.4, 0.5) is 0 Å². The van der Waals surface area contributed by atoms with Crippen LogP contribution in [-0.4, -0.2) is 57.8 Å². The fourth-order valence-electron chi connectivity index (χ4n) is 1.68. The van der Waals surface area contributed by atoms with Crippen LogP contribution < -0.4 is 16.4 Å².